The van der Waals surface area contributed by atoms with Gasteiger partial charge in [-0.3, -0.25) is 4.72 Å². The molecule has 0 saturated carbocycles. The average molecular weight is 372 g/mol. The standard InChI is InChI=1S/C15H17FN2O4S2/c1-11-5-3-4-6-12(11)10-17-24(21,22)15-8-7-13(9-14(15)16)18-23(2,19)20/h3-9,17-18H,10H2,1-2H3. The van der Waals surface area contributed by atoms with Crippen LogP contribution in [0.5, 0.6) is 0 Å². The van der Waals surface area contributed by atoms with Crippen molar-refractivity contribution >= 4 is 25.7 Å². The molecule has 24 heavy (non-hydrogen) atoms. The van der Waals surface area contributed by atoms with Crippen LogP contribution in [0.15, 0.2) is 47.4 Å². The number of benzene rings is 2. The first-order valence-electron chi connectivity index (χ1n) is 6.90. The number of hydrogen-bond acceptors (Lipinski definition) is 4. The lowest BCUT2D eigenvalue weighted by atomic mass is 10.1. The molecule has 2 aromatic carbocycles. The topological polar surface area (TPSA) is 92.3 Å². The third kappa shape index (κ3) is 4.76. The number of sulfonamides is 2. The van der Waals surface area contributed by atoms with Crippen LogP contribution < -0.4 is 9.44 Å². The maximum absolute atomic E-state index is 14.1. The fourth-order valence-corrected chi connectivity index (χ4v) is 3.67. The van der Waals surface area contributed by atoms with Gasteiger partial charge in [0.15, 0.2) is 0 Å². The molecule has 0 aromatic heterocycles. The molecule has 0 unspecified atom stereocenters. The van der Waals surface area contributed by atoms with E-state index in [2.05, 4.69) is 9.44 Å². The maximum Gasteiger partial charge on any atom is 0.243 e. The Morgan fingerprint density at radius 2 is 1.71 bits per heavy atom. The number of hydrogen-bond donors (Lipinski definition) is 2. The summed E-state index contributed by atoms with van der Waals surface area (Å²) in [4.78, 5) is -0.546. The van der Waals surface area contributed by atoms with Crippen LogP contribution in [0.2, 0.25) is 0 Å². The van der Waals surface area contributed by atoms with Gasteiger partial charge >= 0.3 is 0 Å². The Morgan fingerprint density at radius 1 is 1.04 bits per heavy atom. The van der Waals surface area contributed by atoms with Gasteiger partial charge in [0.2, 0.25) is 20.0 Å². The van der Waals surface area contributed by atoms with Crippen LogP contribution in [0.1, 0.15) is 11.1 Å². The highest BCUT2D eigenvalue weighted by molar-refractivity contribution is 7.92. The summed E-state index contributed by atoms with van der Waals surface area (Å²) in [5, 5.41) is 0. The Morgan fingerprint density at radius 3 is 2.29 bits per heavy atom. The summed E-state index contributed by atoms with van der Waals surface area (Å²) in [5.74, 6) is -1.04. The number of anilines is 1. The average Bonchev–Trinajstić information content (AvgIpc) is 2.44. The molecule has 0 aliphatic heterocycles. The van der Waals surface area contributed by atoms with Crippen LogP contribution in [0.4, 0.5) is 10.1 Å². The van der Waals surface area contributed by atoms with E-state index >= 15 is 0 Å². The zero-order chi connectivity index (χ0) is 18.0. The number of halogens is 1. The van der Waals surface area contributed by atoms with Crippen molar-refractivity contribution in [3.63, 3.8) is 0 Å². The van der Waals surface area contributed by atoms with Crippen LogP contribution in [0, 0.1) is 12.7 Å². The predicted molar refractivity (Wildman–Crippen MR) is 90.1 cm³/mol. The second-order valence-electron chi connectivity index (χ2n) is 5.27. The summed E-state index contributed by atoms with van der Waals surface area (Å²) in [5.41, 5.74) is 1.64. The van der Waals surface area contributed by atoms with Crippen LogP contribution in [-0.2, 0) is 26.6 Å². The second kappa shape index (κ2) is 6.88. The molecule has 2 aromatic rings. The summed E-state index contributed by atoms with van der Waals surface area (Å²) in [6.07, 6.45) is 0.916. The predicted octanol–water partition coefficient (Wildman–Crippen LogP) is 1.98. The van der Waals surface area contributed by atoms with Crippen molar-refractivity contribution in [3.05, 3.63) is 59.4 Å². The van der Waals surface area contributed by atoms with E-state index in [-0.39, 0.29) is 12.2 Å². The van der Waals surface area contributed by atoms with Crippen molar-refractivity contribution in [2.45, 2.75) is 18.4 Å². The van der Waals surface area contributed by atoms with Crippen molar-refractivity contribution in [2.75, 3.05) is 11.0 Å². The molecular formula is C15H17FN2O4S2. The van der Waals surface area contributed by atoms with E-state index in [0.29, 0.717) is 0 Å². The lowest BCUT2D eigenvalue weighted by Crippen LogP contribution is -2.24. The minimum Gasteiger partial charge on any atom is -0.284 e. The van der Waals surface area contributed by atoms with Gasteiger partial charge in [0.25, 0.3) is 0 Å². The highest BCUT2D eigenvalue weighted by Gasteiger charge is 2.20. The molecule has 0 atom stereocenters. The van der Waals surface area contributed by atoms with Gasteiger partial charge in [-0.2, -0.15) is 0 Å². The molecule has 0 amide bonds. The molecule has 0 bridgehead atoms. The maximum atomic E-state index is 14.1. The molecule has 0 aliphatic rings. The molecule has 6 nitrogen and oxygen atoms in total. The number of rotatable bonds is 6. The van der Waals surface area contributed by atoms with Gasteiger partial charge in [-0.15, -0.1) is 0 Å². The fraction of sp³-hybridized carbons (Fsp3) is 0.200. The highest BCUT2D eigenvalue weighted by atomic mass is 32.2. The van der Waals surface area contributed by atoms with Gasteiger partial charge in [-0.05, 0) is 36.2 Å². The minimum absolute atomic E-state index is 0.0256. The molecule has 0 saturated heterocycles. The largest absolute Gasteiger partial charge is 0.284 e. The fourth-order valence-electron chi connectivity index (χ4n) is 2.06. The second-order valence-corrected chi connectivity index (χ2v) is 8.75. The molecule has 9 heteroatoms. The van der Waals surface area contributed by atoms with Crippen LogP contribution in [0.3, 0.4) is 0 Å². The Balaban J connectivity index is 2.22. The SMILES string of the molecule is Cc1ccccc1CNS(=O)(=O)c1ccc(NS(C)(=O)=O)cc1F. The molecule has 130 valence electrons. The van der Waals surface area contributed by atoms with Gasteiger partial charge in [0, 0.05) is 6.54 Å². The van der Waals surface area contributed by atoms with Gasteiger partial charge in [-0.1, -0.05) is 24.3 Å². The van der Waals surface area contributed by atoms with Crippen molar-refractivity contribution < 1.29 is 21.2 Å². The molecular weight excluding hydrogens is 355 g/mol. The molecule has 0 spiro atoms. The molecule has 0 aliphatic carbocycles. The van der Waals surface area contributed by atoms with Gasteiger partial charge in [0.05, 0.1) is 11.9 Å². The van der Waals surface area contributed by atoms with Crippen molar-refractivity contribution in [1.29, 1.82) is 0 Å². The third-order valence-corrected chi connectivity index (χ3v) is 5.28. The number of nitrogens with one attached hydrogen (secondary N) is 2. The normalized spacial score (nSPS) is 12.1. The van der Waals surface area contributed by atoms with Crippen molar-refractivity contribution in [3.8, 4) is 0 Å². The zero-order valence-corrected chi connectivity index (χ0v) is 14.7. The molecule has 2 N–H and O–H groups in total. The van der Waals surface area contributed by atoms with Crippen molar-refractivity contribution in [1.82, 2.24) is 4.72 Å². The van der Waals surface area contributed by atoms with Crippen molar-refractivity contribution in [2.24, 2.45) is 0 Å². The summed E-state index contributed by atoms with van der Waals surface area (Å²) >= 11 is 0. The molecule has 2 rings (SSSR count). The zero-order valence-electron chi connectivity index (χ0n) is 13.1. The lowest BCUT2D eigenvalue weighted by molar-refractivity contribution is 0.557. The molecule has 0 radical (unpaired) electrons. The molecule has 0 heterocycles. The van der Waals surface area contributed by atoms with Crippen LogP contribution >= 0.6 is 0 Å². The first-order chi connectivity index (χ1) is 11.1. The first-order valence-corrected chi connectivity index (χ1v) is 10.3. The Kier molecular flexibility index (Phi) is 5.26. The van der Waals surface area contributed by atoms with Crippen LogP contribution in [0.25, 0.3) is 0 Å². The van der Waals surface area contributed by atoms with Gasteiger partial charge in [-0.25, -0.2) is 25.9 Å². The summed E-state index contributed by atoms with van der Waals surface area (Å²) in [6.45, 7) is 1.87. The van der Waals surface area contributed by atoms with Gasteiger partial charge in [0.1, 0.15) is 10.7 Å². The van der Waals surface area contributed by atoms with Crippen LogP contribution in [-0.4, -0.2) is 23.1 Å². The summed E-state index contributed by atoms with van der Waals surface area (Å²) in [7, 11) is -7.64. The van der Waals surface area contributed by atoms with E-state index in [1.165, 1.54) is 6.07 Å². The van der Waals surface area contributed by atoms with E-state index < -0.39 is 30.8 Å². The summed E-state index contributed by atoms with van der Waals surface area (Å²) in [6, 6.07) is 10.3. The third-order valence-electron chi connectivity index (χ3n) is 3.24. The first kappa shape index (κ1) is 18.4. The quantitative estimate of drug-likeness (QED) is 0.811. The minimum atomic E-state index is -4.07. The van der Waals surface area contributed by atoms with E-state index in [4.69, 9.17) is 0 Å². The van der Waals surface area contributed by atoms with E-state index in [1.54, 1.807) is 12.1 Å². The van der Waals surface area contributed by atoms with E-state index in [0.717, 1.165) is 29.5 Å². The lowest BCUT2D eigenvalue weighted by Gasteiger charge is -2.11. The van der Waals surface area contributed by atoms with E-state index in [9.17, 15) is 21.2 Å². The highest BCUT2D eigenvalue weighted by Crippen LogP contribution is 2.20. The monoisotopic (exact) mass is 372 g/mol. The summed E-state index contributed by atoms with van der Waals surface area (Å²) < 4.78 is 65.2. The number of aryl methyl sites for hydroxylation is 1. The molecule has 0 fully saturated rings. The smallest absolute Gasteiger partial charge is 0.243 e. The Hall–Kier alpha value is -1.97. The van der Waals surface area contributed by atoms with Gasteiger partial charge < -0.3 is 0 Å². The Bertz CT molecular complexity index is 957. The van der Waals surface area contributed by atoms with E-state index in [1.807, 2.05) is 19.1 Å². The Labute approximate surface area is 140 Å².